The number of hydrogen-bond donors (Lipinski definition) is 2. The molecule has 0 fully saturated rings. The Kier molecular flexibility index (Phi) is 5.66. The number of rotatable bonds is 5. The predicted octanol–water partition coefficient (Wildman–Crippen LogP) is -0.598. The second-order valence-electron chi connectivity index (χ2n) is 3.23. The molecule has 4 nitrogen and oxygen atoms in total. The van der Waals surface area contributed by atoms with Crippen LogP contribution in [0.1, 0.15) is 12.8 Å². The van der Waals surface area contributed by atoms with Gasteiger partial charge in [-0.3, -0.25) is 4.79 Å². The van der Waals surface area contributed by atoms with E-state index in [1.54, 1.807) is 7.05 Å². The minimum absolute atomic E-state index is 0.0151. The van der Waals surface area contributed by atoms with Crippen LogP contribution in [0.25, 0.3) is 0 Å². The summed E-state index contributed by atoms with van der Waals surface area (Å²) in [5.41, 5.74) is 5.71. The topological polar surface area (TPSA) is 58.4 Å². The molecule has 0 aliphatic rings. The molecule has 0 saturated carbocycles. The lowest BCUT2D eigenvalue weighted by Gasteiger charge is -2.14. The van der Waals surface area contributed by atoms with Gasteiger partial charge >= 0.3 is 0 Å². The summed E-state index contributed by atoms with van der Waals surface area (Å²) in [5, 5.41) is 2.55. The molecule has 0 aliphatic heterocycles. The van der Waals surface area contributed by atoms with E-state index >= 15 is 0 Å². The first-order valence-electron chi connectivity index (χ1n) is 4.17. The minimum atomic E-state index is -0.0210. The molecule has 0 aliphatic carbocycles. The van der Waals surface area contributed by atoms with Gasteiger partial charge in [-0.05, 0) is 27.1 Å². The summed E-state index contributed by atoms with van der Waals surface area (Å²) in [7, 11) is 5.61. The monoisotopic (exact) mass is 173 g/mol. The number of carbonyl (C=O) groups excluding carboxylic acids is 1. The third-order valence-corrected chi connectivity index (χ3v) is 1.67. The van der Waals surface area contributed by atoms with Gasteiger partial charge in [-0.1, -0.05) is 0 Å². The summed E-state index contributed by atoms with van der Waals surface area (Å²) >= 11 is 0. The van der Waals surface area contributed by atoms with E-state index in [0.29, 0.717) is 6.42 Å². The smallest absolute Gasteiger partial charge is 0.221 e. The van der Waals surface area contributed by atoms with Gasteiger partial charge in [-0.15, -0.1) is 0 Å². The summed E-state index contributed by atoms with van der Waals surface area (Å²) < 4.78 is 0. The maximum absolute atomic E-state index is 10.9. The first-order valence-corrected chi connectivity index (χ1v) is 4.17. The van der Waals surface area contributed by atoms with Crippen LogP contribution in [0.4, 0.5) is 0 Å². The van der Waals surface area contributed by atoms with Crippen molar-refractivity contribution in [1.82, 2.24) is 10.2 Å². The highest BCUT2D eigenvalue weighted by Gasteiger charge is 2.07. The van der Waals surface area contributed by atoms with Gasteiger partial charge in [-0.2, -0.15) is 0 Å². The van der Waals surface area contributed by atoms with Crippen molar-refractivity contribution in [2.45, 2.75) is 18.9 Å². The van der Waals surface area contributed by atoms with E-state index in [9.17, 15) is 4.79 Å². The van der Waals surface area contributed by atoms with E-state index in [1.807, 2.05) is 14.1 Å². The van der Waals surface area contributed by atoms with Crippen LogP contribution in [-0.4, -0.2) is 44.5 Å². The summed E-state index contributed by atoms with van der Waals surface area (Å²) in [4.78, 5) is 12.9. The van der Waals surface area contributed by atoms with Crippen LogP contribution in [0.15, 0.2) is 0 Å². The fraction of sp³-hybridized carbons (Fsp3) is 0.875. The van der Waals surface area contributed by atoms with Gasteiger partial charge in [0.2, 0.25) is 5.91 Å². The molecule has 0 heterocycles. The SMILES string of the molecule is CNC(=O)CC(N)CCN(C)C. The van der Waals surface area contributed by atoms with Crippen molar-refractivity contribution in [3.63, 3.8) is 0 Å². The summed E-state index contributed by atoms with van der Waals surface area (Å²) in [5.74, 6) is 0.0151. The third-order valence-electron chi connectivity index (χ3n) is 1.67. The van der Waals surface area contributed by atoms with Gasteiger partial charge in [0.05, 0.1) is 0 Å². The molecule has 0 aromatic heterocycles. The van der Waals surface area contributed by atoms with E-state index < -0.39 is 0 Å². The summed E-state index contributed by atoms with van der Waals surface area (Å²) in [6.45, 7) is 0.929. The third kappa shape index (κ3) is 6.12. The van der Waals surface area contributed by atoms with Crippen LogP contribution in [0.2, 0.25) is 0 Å². The fourth-order valence-corrected chi connectivity index (χ4v) is 0.866. The molecule has 3 N–H and O–H groups in total. The maximum atomic E-state index is 10.9. The van der Waals surface area contributed by atoms with Crippen LogP contribution >= 0.6 is 0 Å². The number of carbonyl (C=O) groups is 1. The van der Waals surface area contributed by atoms with E-state index in [2.05, 4.69) is 10.2 Å². The van der Waals surface area contributed by atoms with Crippen molar-refractivity contribution in [2.24, 2.45) is 5.73 Å². The lowest BCUT2D eigenvalue weighted by atomic mass is 10.1. The Morgan fingerprint density at radius 2 is 2.17 bits per heavy atom. The molecule has 0 rings (SSSR count). The molecule has 0 spiro atoms. The zero-order chi connectivity index (χ0) is 9.56. The van der Waals surface area contributed by atoms with Crippen molar-refractivity contribution >= 4 is 5.91 Å². The van der Waals surface area contributed by atoms with Gasteiger partial charge in [0.15, 0.2) is 0 Å². The fourth-order valence-electron chi connectivity index (χ4n) is 0.866. The zero-order valence-corrected chi connectivity index (χ0v) is 8.13. The first-order chi connectivity index (χ1) is 5.56. The molecular formula is C8H19N3O. The normalized spacial score (nSPS) is 13.1. The molecule has 72 valence electrons. The van der Waals surface area contributed by atoms with Gasteiger partial charge in [-0.25, -0.2) is 0 Å². The van der Waals surface area contributed by atoms with Crippen LogP contribution in [0.3, 0.4) is 0 Å². The highest BCUT2D eigenvalue weighted by atomic mass is 16.1. The van der Waals surface area contributed by atoms with Crippen LogP contribution < -0.4 is 11.1 Å². The molecule has 0 aromatic carbocycles. The summed E-state index contributed by atoms with van der Waals surface area (Å²) in [6, 6.07) is -0.0210. The number of nitrogens with zero attached hydrogens (tertiary/aromatic N) is 1. The largest absolute Gasteiger partial charge is 0.359 e. The number of hydrogen-bond acceptors (Lipinski definition) is 3. The van der Waals surface area contributed by atoms with E-state index in [-0.39, 0.29) is 11.9 Å². The molecule has 0 saturated heterocycles. The van der Waals surface area contributed by atoms with Gasteiger partial charge in [0.1, 0.15) is 0 Å². The first kappa shape index (κ1) is 11.4. The van der Waals surface area contributed by atoms with Crippen molar-refractivity contribution in [3.8, 4) is 0 Å². The van der Waals surface area contributed by atoms with Crippen molar-refractivity contribution in [2.75, 3.05) is 27.7 Å². The second-order valence-corrected chi connectivity index (χ2v) is 3.23. The quantitative estimate of drug-likeness (QED) is 0.584. The standard InChI is InChI=1S/C8H19N3O/c1-10-8(12)6-7(9)4-5-11(2)3/h7H,4-6,9H2,1-3H3,(H,10,12). The second kappa shape index (κ2) is 5.97. The number of nitrogens with one attached hydrogen (secondary N) is 1. The molecule has 0 radical (unpaired) electrons. The van der Waals surface area contributed by atoms with Crippen molar-refractivity contribution in [3.05, 3.63) is 0 Å². The lowest BCUT2D eigenvalue weighted by molar-refractivity contribution is -0.120. The predicted molar refractivity (Wildman–Crippen MR) is 49.8 cm³/mol. The van der Waals surface area contributed by atoms with Crippen molar-refractivity contribution < 1.29 is 4.79 Å². The Morgan fingerprint density at radius 1 is 1.58 bits per heavy atom. The lowest BCUT2D eigenvalue weighted by Crippen LogP contribution is -2.32. The van der Waals surface area contributed by atoms with Crippen LogP contribution in [0, 0.1) is 0 Å². The maximum Gasteiger partial charge on any atom is 0.221 e. The van der Waals surface area contributed by atoms with Crippen molar-refractivity contribution in [1.29, 1.82) is 0 Å². The van der Waals surface area contributed by atoms with Gasteiger partial charge in [0, 0.05) is 19.5 Å². The average molecular weight is 173 g/mol. The average Bonchev–Trinajstić information content (AvgIpc) is 2.00. The molecule has 1 unspecified atom stereocenters. The Labute approximate surface area is 74.1 Å². The number of amides is 1. The zero-order valence-electron chi connectivity index (χ0n) is 8.13. The molecule has 1 amide bonds. The molecule has 0 bridgehead atoms. The minimum Gasteiger partial charge on any atom is -0.359 e. The van der Waals surface area contributed by atoms with E-state index in [0.717, 1.165) is 13.0 Å². The molecule has 1 atom stereocenters. The Morgan fingerprint density at radius 3 is 2.58 bits per heavy atom. The van der Waals surface area contributed by atoms with E-state index in [4.69, 9.17) is 5.73 Å². The molecule has 4 heteroatoms. The Bertz CT molecular complexity index is 136. The Hall–Kier alpha value is -0.610. The van der Waals surface area contributed by atoms with Crippen LogP contribution in [0.5, 0.6) is 0 Å². The highest BCUT2D eigenvalue weighted by molar-refractivity contribution is 5.76. The van der Waals surface area contributed by atoms with Gasteiger partial charge < -0.3 is 16.0 Å². The van der Waals surface area contributed by atoms with E-state index in [1.165, 1.54) is 0 Å². The highest BCUT2D eigenvalue weighted by Crippen LogP contribution is 1.95. The molecule has 12 heavy (non-hydrogen) atoms. The Balaban J connectivity index is 3.45. The number of nitrogens with two attached hydrogens (primary N) is 1. The van der Waals surface area contributed by atoms with Crippen LogP contribution in [-0.2, 0) is 4.79 Å². The molecule has 0 aromatic rings. The summed E-state index contributed by atoms with van der Waals surface area (Å²) in [6.07, 6.45) is 1.28. The van der Waals surface area contributed by atoms with Gasteiger partial charge in [0.25, 0.3) is 0 Å². The molecular weight excluding hydrogens is 154 g/mol.